The highest BCUT2D eigenvalue weighted by molar-refractivity contribution is 9.10. The zero-order valence-corrected chi connectivity index (χ0v) is 36.7. The molecule has 9 rings (SSSR count). The molecule has 0 radical (unpaired) electrons. The van der Waals surface area contributed by atoms with Crippen LogP contribution in [0.4, 0.5) is 17.1 Å². The van der Waals surface area contributed by atoms with Crippen LogP contribution in [0.25, 0.3) is 0 Å². The lowest BCUT2D eigenvalue weighted by molar-refractivity contribution is -0.151. The molecular weight excluding hydrogens is 839 g/mol. The first-order chi connectivity index (χ1) is 28.9. The zero-order chi connectivity index (χ0) is 41.9. The van der Waals surface area contributed by atoms with Gasteiger partial charge < -0.3 is 29.1 Å². The van der Waals surface area contributed by atoms with Crippen LogP contribution >= 0.6 is 15.9 Å². The maximum atomic E-state index is 15.6. The molecule has 5 aromatic carbocycles. The molecule has 0 saturated carbocycles. The van der Waals surface area contributed by atoms with Gasteiger partial charge >= 0.3 is 0 Å². The third kappa shape index (κ3) is 6.64. The Morgan fingerprint density at radius 1 is 0.917 bits per heavy atom. The lowest BCUT2D eigenvalue weighted by Gasteiger charge is -2.39. The number of rotatable bonds is 9. The van der Waals surface area contributed by atoms with Crippen LogP contribution in [0.5, 0.6) is 11.5 Å². The molecule has 60 heavy (non-hydrogen) atoms. The molecule has 5 atom stereocenters. The van der Waals surface area contributed by atoms with E-state index in [0.29, 0.717) is 30.1 Å². The normalized spacial score (nSPS) is 23.3. The Bertz CT molecular complexity index is 2500. The third-order valence-corrected chi connectivity index (χ3v) is 18.1. The number of anilines is 3. The van der Waals surface area contributed by atoms with E-state index in [0.717, 1.165) is 38.2 Å². The van der Waals surface area contributed by atoms with Crippen LogP contribution in [0, 0.1) is 5.92 Å². The van der Waals surface area contributed by atoms with Crippen molar-refractivity contribution in [3.63, 3.8) is 0 Å². The van der Waals surface area contributed by atoms with Crippen molar-refractivity contribution in [1.82, 2.24) is 4.90 Å². The number of benzene rings is 5. The summed E-state index contributed by atoms with van der Waals surface area (Å²) in [5.74, 6) is 0.603. The number of hydrogen-bond donors (Lipinski definition) is 1. The Kier molecular flexibility index (Phi) is 10.5. The Hall–Kier alpha value is -5.27. The minimum absolute atomic E-state index is 0.0652. The van der Waals surface area contributed by atoms with Crippen molar-refractivity contribution in [2.75, 3.05) is 30.1 Å². The van der Waals surface area contributed by atoms with Crippen molar-refractivity contribution in [3.8, 4) is 11.5 Å². The van der Waals surface area contributed by atoms with E-state index in [2.05, 4.69) is 54.1 Å². The highest BCUT2D eigenvalue weighted by Gasteiger charge is 2.66. The lowest BCUT2D eigenvalue weighted by Crippen LogP contribution is -2.52. The van der Waals surface area contributed by atoms with Gasteiger partial charge in [-0.05, 0) is 83.2 Å². The van der Waals surface area contributed by atoms with E-state index < -0.39 is 19.8 Å². The molecular formula is C48H48BrN3O7Si. The van der Waals surface area contributed by atoms with Crippen molar-refractivity contribution in [1.29, 1.82) is 0 Å². The topological polar surface area (TPSA) is 109 Å². The van der Waals surface area contributed by atoms with Crippen LogP contribution < -0.4 is 24.5 Å². The van der Waals surface area contributed by atoms with Gasteiger partial charge in [0, 0.05) is 28.2 Å². The van der Waals surface area contributed by atoms with Gasteiger partial charge in [-0.25, -0.2) is 0 Å². The maximum Gasteiger partial charge on any atom is 0.269 e. The van der Waals surface area contributed by atoms with Gasteiger partial charge in [0.1, 0.15) is 11.5 Å². The number of aliphatic hydroxyl groups excluding tert-OH is 1. The van der Waals surface area contributed by atoms with E-state index in [9.17, 15) is 14.7 Å². The molecule has 308 valence electrons. The molecule has 1 fully saturated rings. The van der Waals surface area contributed by atoms with Gasteiger partial charge in [0.05, 0.1) is 58.3 Å². The van der Waals surface area contributed by atoms with E-state index in [-0.39, 0.29) is 61.4 Å². The molecule has 0 aliphatic carbocycles. The molecule has 3 amide bonds. The van der Waals surface area contributed by atoms with Crippen LogP contribution in [-0.2, 0) is 44.2 Å². The van der Waals surface area contributed by atoms with Crippen LogP contribution in [0.2, 0.25) is 18.6 Å². The molecule has 1 saturated heterocycles. The number of para-hydroxylation sites is 2. The lowest BCUT2D eigenvalue weighted by atomic mass is 9.82. The second-order valence-corrected chi connectivity index (χ2v) is 22.5. The molecule has 4 aliphatic rings. The van der Waals surface area contributed by atoms with Crippen LogP contribution in [0.15, 0.2) is 120 Å². The van der Waals surface area contributed by atoms with Gasteiger partial charge in [-0.15, -0.1) is 0 Å². The van der Waals surface area contributed by atoms with E-state index in [4.69, 9.17) is 14.2 Å². The number of carbonyl (C=O) groups is 3. The smallest absolute Gasteiger partial charge is 0.269 e. The number of aliphatic hydroxyl groups is 1. The summed E-state index contributed by atoms with van der Waals surface area (Å²) in [4.78, 5) is 48.8. The van der Waals surface area contributed by atoms with Gasteiger partial charge in [-0.3, -0.25) is 19.3 Å². The van der Waals surface area contributed by atoms with E-state index >= 15 is 4.79 Å². The van der Waals surface area contributed by atoms with Gasteiger partial charge in [0.15, 0.2) is 12.2 Å². The first-order valence-corrected chi connectivity index (χ1v) is 24.4. The number of fused-ring (bicyclic) bond motifs is 4. The van der Waals surface area contributed by atoms with E-state index in [1.165, 1.54) is 5.19 Å². The Morgan fingerprint density at radius 3 is 2.43 bits per heavy atom. The number of ether oxygens (including phenoxy) is 3. The molecule has 5 aromatic rings. The minimum atomic E-state index is -2.55. The Labute approximate surface area is 359 Å². The number of carbonyl (C=O) groups excluding carboxylic acids is 3. The van der Waals surface area contributed by atoms with Crippen molar-refractivity contribution < 1.29 is 33.7 Å². The first-order valence-electron chi connectivity index (χ1n) is 20.5. The molecule has 12 heteroatoms. The second-order valence-electron chi connectivity index (χ2n) is 16.9. The van der Waals surface area contributed by atoms with Crippen molar-refractivity contribution in [2.45, 2.75) is 69.2 Å². The second kappa shape index (κ2) is 15.6. The van der Waals surface area contributed by atoms with Gasteiger partial charge in [0.2, 0.25) is 5.91 Å². The largest absolute Gasteiger partial charge is 0.497 e. The first kappa shape index (κ1) is 40.1. The maximum absolute atomic E-state index is 15.6. The summed E-state index contributed by atoms with van der Waals surface area (Å²) in [5.41, 5.74) is 4.37. The van der Waals surface area contributed by atoms with E-state index in [1.807, 2.05) is 97.1 Å². The standard InChI is InChI=1S/C48H48BrN3O7Si/c1-30-46(60(3,4)38-19-17-37(57-2)18-20-38)43(25-44(54)50-27-33-12-6-5-11-32(33)23-36(50)28-53)59-48(30)39-24-34(49)16-21-40(39)51(47(48)56)26-31-10-9-13-35(22-31)52-41-14-7-8-15-42(41)58-29-45(52)55/h5-22,24,30,36,43,46,53H,23,25-29H2,1-4H3/t30-,36+,43+,46-,48+/m1/s1. The third-order valence-electron chi connectivity index (χ3n) is 13.3. The summed E-state index contributed by atoms with van der Waals surface area (Å²) < 4.78 is 19.4. The summed E-state index contributed by atoms with van der Waals surface area (Å²) >= 11 is 3.71. The summed E-state index contributed by atoms with van der Waals surface area (Å²) in [7, 11) is -0.903. The fourth-order valence-electron chi connectivity index (χ4n) is 10.3. The van der Waals surface area contributed by atoms with Crippen LogP contribution in [0.3, 0.4) is 0 Å². The van der Waals surface area contributed by atoms with Gasteiger partial charge in [-0.2, -0.15) is 0 Å². The molecule has 1 N–H and O–H groups in total. The highest BCUT2D eigenvalue weighted by Crippen LogP contribution is 2.60. The predicted molar refractivity (Wildman–Crippen MR) is 237 cm³/mol. The average molecular weight is 887 g/mol. The van der Waals surface area contributed by atoms with Crippen molar-refractivity contribution in [2.24, 2.45) is 5.92 Å². The molecule has 0 aromatic heterocycles. The molecule has 0 unspecified atom stereocenters. The SMILES string of the molecule is COc1ccc([Si](C)(C)[C@H]2[C@H](CC(=O)N3Cc4ccccc4C[C@H]3CO)O[C@@]3(C(=O)N(Cc4cccc(N5C(=O)COc6ccccc65)c4)c4ccc(Br)cc43)[C@@H]2C)cc1. The number of halogens is 1. The monoisotopic (exact) mass is 885 g/mol. The summed E-state index contributed by atoms with van der Waals surface area (Å²) in [6, 6.07) is 37.0. The summed E-state index contributed by atoms with van der Waals surface area (Å²) in [6.07, 6.45) is 0.0388. The molecule has 10 nitrogen and oxygen atoms in total. The fourth-order valence-corrected chi connectivity index (χ4v) is 14.7. The molecule has 4 heterocycles. The summed E-state index contributed by atoms with van der Waals surface area (Å²) in [5, 5.41) is 11.7. The van der Waals surface area contributed by atoms with Crippen LogP contribution in [0.1, 0.15) is 35.6 Å². The number of hydrogen-bond acceptors (Lipinski definition) is 7. The number of nitrogens with zero attached hydrogens (tertiary/aromatic N) is 3. The molecule has 0 bridgehead atoms. The molecule has 1 spiro atoms. The predicted octanol–water partition coefficient (Wildman–Crippen LogP) is 7.61. The average Bonchev–Trinajstić information content (AvgIpc) is 3.68. The highest BCUT2D eigenvalue weighted by atomic mass is 79.9. The van der Waals surface area contributed by atoms with Crippen LogP contribution in [-0.4, -0.2) is 68.3 Å². The van der Waals surface area contributed by atoms with Gasteiger partial charge in [0.25, 0.3) is 11.8 Å². The number of amides is 3. The Morgan fingerprint density at radius 2 is 1.67 bits per heavy atom. The Balaban J connectivity index is 1.09. The fraction of sp³-hybridized carbons (Fsp3) is 0.312. The summed E-state index contributed by atoms with van der Waals surface area (Å²) in [6.45, 7) is 7.15. The van der Waals surface area contributed by atoms with Crippen molar-refractivity contribution >= 4 is 64.0 Å². The van der Waals surface area contributed by atoms with Crippen molar-refractivity contribution in [3.05, 3.63) is 142 Å². The zero-order valence-electron chi connectivity index (χ0n) is 34.1. The van der Waals surface area contributed by atoms with Gasteiger partial charge in [-0.1, -0.05) is 102 Å². The quantitative estimate of drug-likeness (QED) is 0.152. The molecule has 4 aliphatic heterocycles. The minimum Gasteiger partial charge on any atom is -0.497 e. The van der Waals surface area contributed by atoms with E-state index in [1.54, 1.807) is 21.8 Å². The number of methoxy groups -OCH3 is 1.